The third-order valence-electron chi connectivity index (χ3n) is 2.22. The molecule has 2 aromatic rings. The summed E-state index contributed by atoms with van der Waals surface area (Å²) in [7, 11) is 0. The predicted octanol–water partition coefficient (Wildman–Crippen LogP) is 2.73. The van der Waals surface area contributed by atoms with E-state index < -0.39 is 0 Å². The quantitative estimate of drug-likeness (QED) is 0.884. The molecule has 0 aliphatic heterocycles. The van der Waals surface area contributed by atoms with E-state index in [4.69, 9.17) is 16.3 Å². The Morgan fingerprint density at radius 1 is 1.30 bits per heavy atom. The molecular weight excluding hydrogens is 298 g/mol. The van der Waals surface area contributed by atoms with Crippen molar-refractivity contribution in [3.8, 4) is 6.01 Å². The van der Waals surface area contributed by atoms with Crippen LogP contribution in [0.4, 0.5) is 5.95 Å². The molecule has 108 valence electrons. The highest BCUT2D eigenvalue weighted by Crippen LogP contribution is 2.13. The number of aromatic nitrogens is 4. The van der Waals surface area contributed by atoms with Gasteiger partial charge in [-0.2, -0.15) is 15.0 Å². The first-order chi connectivity index (χ1) is 9.52. The SMILES string of the molecule is Cc1csc(CCNc2nc(Cl)nc(OC(C)C)n2)n1. The number of thiazole rings is 1. The number of ether oxygens (including phenoxy) is 1. The van der Waals surface area contributed by atoms with Crippen molar-refractivity contribution in [2.45, 2.75) is 33.3 Å². The van der Waals surface area contributed by atoms with E-state index in [9.17, 15) is 0 Å². The van der Waals surface area contributed by atoms with E-state index in [1.807, 2.05) is 26.2 Å². The van der Waals surface area contributed by atoms with E-state index in [2.05, 4.69) is 25.3 Å². The minimum absolute atomic E-state index is 0.0142. The number of nitrogens with one attached hydrogen (secondary N) is 1. The lowest BCUT2D eigenvalue weighted by molar-refractivity contribution is 0.222. The van der Waals surface area contributed by atoms with Gasteiger partial charge in [0.1, 0.15) is 0 Å². The lowest BCUT2D eigenvalue weighted by atomic mass is 10.4. The molecule has 0 unspecified atom stereocenters. The van der Waals surface area contributed by atoms with Crippen molar-refractivity contribution in [3.63, 3.8) is 0 Å². The van der Waals surface area contributed by atoms with Gasteiger partial charge >= 0.3 is 6.01 Å². The Morgan fingerprint density at radius 2 is 2.10 bits per heavy atom. The fraction of sp³-hybridized carbons (Fsp3) is 0.500. The molecule has 0 fully saturated rings. The average Bonchev–Trinajstić information content (AvgIpc) is 2.73. The molecule has 0 radical (unpaired) electrons. The van der Waals surface area contributed by atoms with Crippen LogP contribution in [0.2, 0.25) is 5.28 Å². The van der Waals surface area contributed by atoms with Crippen LogP contribution in [0.25, 0.3) is 0 Å². The summed E-state index contributed by atoms with van der Waals surface area (Å²) in [4.78, 5) is 16.5. The van der Waals surface area contributed by atoms with Gasteiger partial charge in [-0.05, 0) is 32.4 Å². The van der Waals surface area contributed by atoms with E-state index in [1.165, 1.54) is 0 Å². The molecule has 2 aromatic heterocycles. The number of aryl methyl sites for hydroxylation is 1. The Hall–Kier alpha value is -1.47. The van der Waals surface area contributed by atoms with Gasteiger partial charge in [-0.1, -0.05) is 0 Å². The highest BCUT2D eigenvalue weighted by atomic mass is 35.5. The Labute approximate surface area is 126 Å². The van der Waals surface area contributed by atoms with E-state index in [-0.39, 0.29) is 17.4 Å². The fourth-order valence-corrected chi connectivity index (χ4v) is 2.40. The molecule has 0 saturated heterocycles. The zero-order chi connectivity index (χ0) is 14.5. The molecule has 0 atom stereocenters. The molecule has 0 aliphatic rings. The maximum absolute atomic E-state index is 5.84. The van der Waals surface area contributed by atoms with E-state index in [0.29, 0.717) is 12.5 Å². The second-order valence-corrected chi connectivity index (χ2v) is 5.72. The molecule has 2 heterocycles. The zero-order valence-electron chi connectivity index (χ0n) is 11.6. The van der Waals surface area contributed by atoms with Gasteiger partial charge in [0.2, 0.25) is 11.2 Å². The fourth-order valence-electron chi connectivity index (χ4n) is 1.47. The summed E-state index contributed by atoms with van der Waals surface area (Å²) in [6.07, 6.45) is 0.793. The highest BCUT2D eigenvalue weighted by molar-refractivity contribution is 7.09. The van der Waals surface area contributed by atoms with Gasteiger partial charge in [0.05, 0.1) is 11.1 Å². The molecule has 0 bridgehead atoms. The maximum atomic E-state index is 5.84. The van der Waals surface area contributed by atoms with Gasteiger partial charge in [0, 0.05) is 24.0 Å². The number of anilines is 1. The summed E-state index contributed by atoms with van der Waals surface area (Å²) in [6.45, 7) is 6.45. The number of rotatable bonds is 6. The normalized spacial score (nSPS) is 10.8. The molecule has 1 N–H and O–H groups in total. The smallest absolute Gasteiger partial charge is 0.322 e. The van der Waals surface area contributed by atoms with Gasteiger partial charge in [-0.15, -0.1) is 11.3 Å². The van der Waals surface area contributed by atoms with Crippen LogP contribution in [0.15, 0.2) is 5.38 Å². The lowest BCUT2D eigenvalue weighted by Gasteiger charge is -2.09. The first-order valence-electron chi connectivity index (χ1n) is 6.26. The van der Waals surface area contributed by atoms with Gasteiger partial charge in [-0.3, -0.25) is 0 Å². The number of hydrogen-bond donors (Lipinski definition) is 1. The molecule has 0 saturated carbocycles. The average molecular weight is 314 g/mol. The van der Waals surface area contributed by atoms with E-state index in [0.717, 1.165) is 17.1 Å². The summed E-state index contributed by atoms with van der Waals surface area (Å²) in [5.74, 6) is 0.411. The van der Waals surface area contributed by atoms with E-state index in [1.54, 1.807) is 11.3 Å². The van der Waals surface area contributed by atoms with Crippen LogP contribution in [0.1, 0.15) is 24.5 Å². The van der Waals surface area contributed by atoms with Gasteiger partial charge in [0.15, 0.2) is 0 Å². The minimum atomic E-state index is -0.0142. The van der Waals surface area contributed by atoms with Crippen LogP contribution in [0.3, 0.4) is 0 Å². The van der Waals surface area contributed by atoms with Crippen LogP contribution in [0, 0.1) is 6.92 Å². The molecule has 0 spiro atoms. The van der Waals surface area contributed by atoms with Gasteiger partial charge in [0.25, 0.3) is 0 Å². The van der Waals surface area contributed by atoms with Crippen LogP contribution in [-0.2, 0) is 6.42 Å². The lowest BCUT2D eigenvalue weighted by Crippen LogP contribution is -2.12. The molecule has 2 rings (SSSR count). The first-order valence-corrected chi connectivity index (χ1v) is 7.52. The Bertz CT molecular complexity index is 575. The molecule has 0 aromatic carbocycles. The number of halogens is 1. The van der Waals surface area contributed by atoms with Crippen LogP contribution >= 0.6 is 22.9 Å². The summed E-state index contributed by atoms with van der Waals surface area (Å²) in [6, 6.07) is 0.229. The molecule has 6 nitrogen and oxygen atoms in total. The second kappa shape index (κ2) is 6.81. The molecule has 0 amide bonds. The Balaban J connectivity index is 1.93. The van der Waals surface area contributed by atoms with Crippen molar-refractivity contribution >= 4 is 28.9 Å². The standard InChI is InChI=1S/C12H16ClN5OS/c1-7(2)19-12-17-10(13)16-11(18-12)14-5-4-9-15-8(3)6-20-9/h6-7H,4-5H2,1-3H3,(H,14,16,17,18). The molecule has 8 heteroatoms. The third-order valence-corrected chi connectivity index (χ3v) is 3.41. The van der Waals surface area contributed by atoms with Crippen LogP contribution in [0.5, 0.6) is 6.01 Å². The summed E-state index contributed by atoms with van der Waals surface area (Å²) in [5.41, 5.74) is 1.04. The van der Waals surface area contributed by atoms with E-state index >= 15 is 0 Å². The van der Waals surface area contributed by atoms with Crippen LogP contribution in [-0.4, -0.2) is 32.6 Å². The monoisotopic (exact) mass is 313 g/mol. The van der Waals surface area contributed by atoms with Crippen molar-refractivity contribution in [2.75, 3.05) is 11.9 Å². The third kappa shape index (κ3) is 4.57. The number of nitrogens with zero attached hydrogens (tertiary/aromatic N) is 4. The van der Waals surface area contributed by atoms with Gasteiger partial charge < -0.3 is 10.1 Å². The van der Waals surface area contributed by atoms with Crippen molar-refractivity contribution in [2.24, 2.45) is 0 Å². The first kappa shape index (κ1) is 14.9. The molecule has 20 heavy (non-hydrogen) atoms. The summed E-state index contributed by atoms with van der Waals surface area (Å²) >= 11 is 7.48. The minimum Gasteiger partial charge on any atom is -0.461 e. The highest BCUT2D eigenvalue weighted by Gasteiger charge is 2.07. The van der Waals surface area contributed by atoms with Crippen molar-refractivity contribution in [3.05, 3.63) is 21.4 Å². The zero-order valence-corrected chi connectivity index (χ0v) is 13.1. The summed E-state index contributed by atoms with van der Waals surface area (Å²) in [5, 5.41) is 6.32. The summed E-state index contributed by atoms with van der Waals surface area (Å²) < 4.78 is 5.41. The largest absolute Gasteiger partial charge is 0.461 e. The van der Waals surface area contributed by atoms with Crippen molar-refractivity contribution in [1.82, 2.24) is 19.9 Å². The van der Waals surface area contributed by atoms with Crippen molar-refractivity contribution in [1.29, 1.82) is 0 Å². The second-order valence-electron chi connectivity index (χ2n) is 4.44. The maximum Gasteiger partial charge on any atom is 0.322 e. The topological polar surface area (TPSA) is 72.8 Å². The molecule has 0 aliphatic carbocycles. The Morgan fingerprint density at radius 3 is 2.75 bits per heavy atom. The Kier molecular flexibility index (Phi) is 5.08. The number of hydrogen-bond acceptors (Lipinski definition) is 7. The molecular formula is C12H16ClN5OS. The predicted molar refractivity (Wildman–Crippen MR) is 79.6 cm³/mol. The van der Waals surface area contributed by atoms with Gasteiger partial charge in [-0.25, -0.2) is 4.98 Å². The van der Waals surface area contributed by atoms with Crippen LogP contribution < -0.4 is 10.1 Å². The van der Waals surface area contributed by atoms with Crippen molar-refractivity contribution < 1.29 is 4.74 Å².